The summed E-state index contributed by atoms with van der Waals surface area (Å²) >= 11 is 0. The summed E-state index contributed by atoms with van der Waals surface area (Å²) in [5.41, 5.74) is 11.5. The quantitative estimate of drug-likeness (QED) is 0.114. The fourth-order valence-corrected chi connectivity index (χ4v) is 3.03. The van der Waals surface area contributed by atoms with Crippen LogP contribution in [0.4, 0.5) is 0 Å². The zero-order chi connectivity index (χ0) is 27.3. The maximum Gasteiger partial charge on any atom is 0.328 e. The van der Waals surface area contributed by atoms with Gasteiger partial charge in [0.2, 0.25) is 23.6 Å². The lowest BCUT2D eigenvalue weighted by molar-refractivity contribution is -0.144. The number of aliphatic hydroxyl groups excluding tert-OH is 1. The highest BCUT2D eigenvalue weighted by Crippen LogP contribution is 2.07. The molecule has 1 aromatic rings. The van der Waals surface area contributed by atoms with Crippen LogP contribution in [0.1, 0.15) is 31.2 Å². The van der Waals surface area contributed by atoms with Crippen LogP contribution in [-0.4, -0.2) is 81.7 Å². The Bertz CT molecular complexity index is 941. The molecule has 1 rings (SSSR count). The molecule has 14 nitrogen and oxygen atoms in total. The van der Waals surface area contributed by atoms with Gasteiger partial charge >= 0.3 is 11.9 Å². The number of carboxylic acids is 2. The summed E-state index contributed by atoms with van der Waals surface area (Å²) in [6.45, 7) is -0.934. The number of hydrogen-bond acceptors (Lipinski definition) is 8. The van der Waals surface area contributed by atoms with E-state index < -0.39 is 79.2 Å². The zero-order valence-electron chi connectivity index (χ0n) is 19.4. The van der Waals surface area contributed by atoms with E-state index in [1.807, 2.05) is 5.32 Å². The summed E-state index contributed by atoms with van der Waals surface area (Å²) in [6.07, 6.45) is -1.18. The van der Waals surface area contributed by atoms with E-state index in [-0.39, 0.29) is 19.3 Å². The second-order valence-corrected chi connectivity index (χ2v) is 7.94. The maximum absolute atomic E-state index is 13.1. The van der Waals surface area contributed by atoms with Gasteiger partial charge in [0, 0.05) is 19.3 Å². The van der Waals surface area contributed by atoms with Crippen LogP contribution in [0.5, 0.6) is 0 Å². The lowest BCUT2D eigenvalue weighted by Crippen LogP contribution is -2.58. The van der Waals surface area contributed by atoms with Crippen molar-refractivity contribution < 1.29 is 44.1 Å². The number of carbonyl (C=O) groups is 6. The Balaban J connectivity index is 3.08. The van der Waals surface area contributed by atoms with Gasteiger partial charge in [-0.1, -0.05) is 30.3 Å². The molecule has 0 saturated heterocycles. The van der Waals surface area contributed by atoms with Crippen molar-refractivity contribution in [2.24, 2.45) is 11.5 Å². The molecule has 36 heavy (non-hydrogen) atoms. The number of carboxylic acid groups (broad SMARTS) is 2. The second kappa shape index (κ2) is 15.1. The van der Waals surface area contributed by atoms with E-state index in [2.05, 4.69) is 10.6 Å². The Morgan fingerprint density at radius 1 is 0.778 bits per heavy atom. The predicted octanol–water partition coefficient (Wildman–Crippen LogP) is -2.78. The van der Waals surface area contributed by atoms with Crippen molar-refractivity contribution in [1.29, 1.82) is 0 Å². The molecular weight excluding hydrogens is 478 g/mol. The monoisotopic (exact) mass is 509 g/mol. The molecule has 10 N–H and O–H groups in total. The molecule has 0 aliphatic rings. The molecule has 0 bridgehead atoms. The topological polar surface area (TPSA) is 251 Å². The van der Waals surface area contributed by atoms with Gasteiger partial charge in [-0.25, -0.2) is 4.79 Å². The number of amides is 4. The summed E-state index contributed by atoms with van der Waals surface area (Å²) < 4.78 is 0. The maximum atomic E-state index is 13.1. The van der Waals surface area contributed by atoms with Crippen LogP contribution in [0, 0.1) is 0 Å². The Labute approximate surface area is 206 Å². The first-order chi connectivity index (χ1) is 16.9. The van der Waals surface area contributed by atoms with Crippen molar-refractivity contribution in [3.05, 3.63) is 35.9 Å². The van der Waals surface area contributed by atoms with Gasteiger partial charge < -0.3 is 42.7 Å². The second-order valence-electron chi connectivity index (χ2n) is 7.94. The first-order valence-corrected chi connectivity index (χ1v) is 11.0. The van der Waals surface area contributed by atoms with Gasteiger partial charge in [-0.3, -0.25) is 24.0 Å². The number of aliphatic carboxylic acids is 2. The third-order valence-electron chi connectivity index (χ3n) is 5.03. The number of nitrogens with two attached hydrogens (primary N) is 2. The fourth-order valence-electron chi connectivity index (χ4n) is 3.03. The van der Waals surface area contributed by atoms with Crippen molar-refractivity contribution in [2.45, 2.75) is 56.3 Å². The average Bonchev–Trinajstić information content (AvgIpc) is 2.82. The Hall–Kier alpha value is -4.04. The first-order valence-electron chi connectivity index (χ1n) is 11.0. The highest BCUT2D eigenvalue weighted by molar-refractivity contribution is 5.94. The molecule has 0 aromatic heterocycles. The lowest BCUT2D eigenvalue weighted by Gasteiger charge is -2.25. The minimum atomic E-state index is -1.68. The van der Waals surface area contributed by atoms with Gasteiger partial charge in [-0.05, 0) is 18.4 Å². The number of hydrogen-bond donors (Lipinski definition) is 8. The lowest BCUT2D eigenvalue weighted by atomic mass is 10.0. The van der Waals surface area contributed by atoms with E-state index >= 15 is 0 Å². The molecular formula is C22H31N5O9. The number of rotatable bonds is 16. The summed E-state index contributed by atoms with van der Waals surface area (Å²) in [5, 5.41) is 34.0. The van der Waals surface area contributed by atoms with Gasteiger partial charge in [0.1, 0.15) is 18.1 Å². The number of nitrogens with one attached hydrogen (secondary N) is 3. The van der Waals surface area contributed by atoms with E-state index in [4.69, 9.17) is 26.8 Å². The van der Waals surface area contributed by atoms with Gasteiger partial charge in [-0.2, -0.15) is 0 Å². The number of primary amides is 1. The minimum Gasteiger partial charge on any atom is -0.481 e. The summed E-state index contributed by atoms with van der Waals surface area (Å²) in [4.78, 5) is 71.3. The van der Waals surface area contributed by atoms with Crippen molar-refractivity contribution >= 4 is 35.6 Å². The Morgan fingerprint density at radius 2 is 1.33 bits per heavy atom. The van der Waals surface area contributed by atoms with Crippen LogP contribution in [0.15, 0.2) is 30.3 Å². The van der Waals surface area contributed by atoms with E-state index in [1.54, 1.807) is 30.3 Å². The standard InChI is InChI=1S/C22H31N5O9/c23-13(6-8-17(24)29)19(32)26-15(10-12-4-2-1-3-5-12)21(34)25-14(7-9-18(30)31)20(33)27-16(11-28)22(35)36/h1-5,13-16,28H,6-11,23H2,(H2,24,29)(H,25,34)(H,26,32)(H,27,33)(H,30,31)(H,35,36). The fraction of sp³-hybridized carbons (Fsp3) is 0.455. The van der Waals surface area contributed by atoms with Gasteiger partial charge in [0.05, 0.1) is 12.6 Å². The summed E-state index contributed by atoms with van der Waals surface area (Å²) in [6, 6.07) is 2.94. The molecule has 0 spiro atoms. The van der Waals surface area contributed by atoms with Crippen LogP contribution < -0.4 is 27.4 Å². The molecule has 4 atom stereocenters. The molecule has 4 unspecified atom stereocenters. The van der Waals surface area contributed by atoms with Crippen LogP contribution >= 0.6 is 0 Å². The van der Waals surface area contributed by atoms with Crippen molar-refractivity contribution in [3.8, 4) is 0 Å². The molecule has 14 heteroatoms. The molecule has 0 aliphatic heterocycles. The van der Waals surface area contributed by atoms with Crippen molar-refractivity contribution in [3.63, 3.8) is 0 Å². The number of aliphatic hydroxyl groups is 1. The molecule has 0 radical (unpaired) electrons. The van der Waals surface area contributed by atoms with E-state index in [9.17, 15) is 28.8 Å². The summed E-state index contributed by atoms with van der Waals surface area (Å²) in [7, 11) is 0. The Kier molecular flexibility index (Phi) is 12.5. The first kappa shape index (κ1) is 30.0. The molecule has 0 heterocycles. The highest BCUT2D eigenvalue weighted by atomic mass is 16.4. The minimum absolute atomic E-state index is 0.0252. The molecule has 4 amide bonds. The van der Waals surface area contributed by atoms with E-state index in [0.29, 0.717) is 5.56 Å². The van der Waals surface area contributed by atoms with E-state index in [1.165, 1.54) is 0 Å². The highest BCUT2D eigenvalue weighted by Gasteiger charge is 2.30. The number of carbonyl (C=O) groups excluding carboxylic acids is 4. The van der Waals surface area contributed by atoms with Crippen molar-refractivity contribution in [2.75, 3.05) is 6.61 Å². The van der Waals surface area contributed by atoms with Crippen molar-refractivity contribution in [1.82, 2.24) is 16.0 Å². The summed E-state index contributed by atoms with van der Waals surface area (Å²) in [5.74, 6) is -6.12. The van der Waals surface area contributed by atoms with Crippen LogP contribution in [0.2, 0.25) is 0 Å². The van der Waals surface area contributed by atoms with E-state index in [0.717, 1.165) is 0 Å². The average molecular weight is 510 g/mol. The number of benzene rings is 1. The molecule has 1 aromatic carbocycles. The predicted molar refractivity (Wildman–Crippen MR) is 124 cm³/mol. The van der Waals surface area contributed by atoms with Crippen LogP contribution in [0.25, 0.3) is 0 Å². The van der Waals surface area contributed by atoms with Gasteiger partial charge in [0.15, 0.2) is 0 Å². The third-order valence-corrected chi connectivity index (χ3v) is 5.03. The normalized spacial score (nSPS) is 13.9. The smallest absolute Gasteiger partial charge is 0.328 e. The van der Waals surface area contributed by atoms with Gasteiger partial charge in [-0.15, -0.1) is 0 Å². The molecule has 0 aliphatic carbocycles. The molecule has 198 valence electrons. The SMILES string of the molecule is NC(=O)CCC(N)C(=O)NC(Cc1ccccc1)C(=O)NC(CCC(=O)O)C(=O)NC(CO)C(=O)O. The largest absolute Gasteiger partial charge is 0.481 e. The molecule has 0 saturated carbocycles. The van der Waals surface area contributed by atoms with Crippen LogP contribution in [-0.2, 0) is 35.2 Å². The van der Waals surface area contributed by atoms with Crippen LogP contribution in [0.3, 0.4) is 0 Å². The Morgan fingerprint density at radius 3 is 1.86 bits per heavy atom. The van der Waals surface area contributed by atoms with Gasteiger partial charge in [0.25, 0.3) is 0 Å². The third kappa shape index (κ3) is 10.9. The zero-order valence-corrected chi connectivity index (χ0v) is 19.4. The molecule has 0 fully saturated rings.